The highest BCUT2D eigenvalue weighted by Gasteiger charge is 2.18. The van der Waals surface area contributed by atoms with Crippen LogP contribution >= 0.6 is 11.6 Å². The molecular formula is C17H20ClN5O. The lowest BCUT2D eigenvalue weighted by atomic mass is 10.2. The number of aryl methyl sites for hydroxylation is 1. The molecule has 7 heteroatoms. The molecule has 1 aliphatic rings. The predicted octanol–water partition coefficient (Wildman–Crippen LogP) is 2.44. The van der Waals surface area contributed by atoms with Crippen molar-refractivity contribution >= 4 is 29.0 Å². The first-order valence-corrected chi connectivity index (χ1v) is 8.25. The summed E-state index contributed by atoms with van der Waals surface area (Å²) in [6.07, 6.45) is 0. The van der Waals surface area contributed by atoms with E-state index in [2.05, 4.69) is 32.1 Å². The van der Waals surface area contributed by atoms with Crippen LogP contribution in [0.1, 0.15) is 16.3 Å². The number of halogens is 1. The Labute approximate surface area is 146 Å². The molecular weight excluding hydrogens is 326 g/mol. The quantitative estimate of drug-likeness (QED) is 0.925. The van der Waals surface area contributed by atoms with Crippen LogP contribution < -0.4 is 10.2 Å². The monoisotopic (exact) mass is 345 g/mol. The molecule has 24 heavy (non-hydrogen) atoms. The maximum Gasteiger partial charge on any atom is 0.274 e. The molecule has 0 spiro atoms. The number of anilines is 2. The van der Waals surface area contributed by atoms with Crippen molar-refractivity contribution in [2.75, 3.05) is 43.4 Å². The van der Waals surface area contributed by atoms with E-state index in [0.29, 0.717) is 22.2 Å². The Hall–Kier alpha value is -2.18. The van der Waals surface area contributed by atoms with E-state index in [-0.39, 0.29) is 5.91 Å². The number of likely N-dealkylation sites (N-methyl/N-ethyl adjacent to an activating group) is 1. The van der Waals surface area contributed by atoms with E-state index in [1.807, 2.05) is 0 Å². The summed E-state index contributed by atoms with van der Waals surface area (Å²) in [7, 11) is 2.10. The molecule has 1 aromatic carbocycles. The van der Waals surface area contributed by atoms with Gasteiger partial charge in [-0.2, -0.15) is 0 Å². The van der Waals surface area contributed by atoms with Crippen LogP contribution in [0.2, 0.25) is 5.02 Å². The van der Waals surface area contributed by atoms with Crippen LogP contribution in [0, 0.1) is 6.92 Å². The van der Waals surface area contributed by atoms with Gasteiger partial charge < -0.3 is 15.1 Å². The summed E-state index contributed by atoms with van der Waals surface area (Å²) in [6.45, 7) is 5.54. The third-order valence-corrected chi connectivity index (χ3v) is 4.20. The number of hydrogen-bond donors (Lipinski definition) is 1. The molecule has 1 amide bonds. The lowest BCUT2D eigenvalue weighted by Gasteiger charge is -2.33. The largest absolute Gasteiger partial charge is 0.354 e. The van der Waals surface area contributed by atoms with Gasteiger partial charge in [-0.3, -0.25) is 4.79 Å². The first-order valence-electron chi connectivity index (χ1n) is 7.87. The van der Waals surface area contributed by atoms with Crippen molar-refractivity contribution in [3.8, 4) is 0 Å². The summed E-state index contributed by atoms with van der Waals surface area (Å²) in [6, 6.07) is 8.79. The second-order valence-electron chi connectivity index (χ2n) is 5.91. The van der Waals surface area contributed by atoms with Gasteiger partial charge in [0.1, 0.15) is 17.3 Å². The normalized spacial score (nSPS) is 15.4. The van der Waals surface area contributed by atoms with Gasteiger partial charge in [-0.05, 0) is 32.2 Å². The fourth-order valence-electron chi connectivity index (χ4n) is 2.63. The van der Waals surface area contributed by atoms with E-state index in [0.717, 1.165) is 32.0 Å². The Morgan fingerprint density at radius 2 is 1.92 bits per heavy atom. The topological polar surface area (TPSA) is 61.4 Å². The highest BCUT2D eigenvalue weighted by molar-refractivity contribution is 6.30. The van der Waals surface area contributed by atoms with Gasteiger partial charge in [-0.15, -0.1) is 0 Å². The van der Waals surface area contributed by atoms with Gasteiger partial charge >= 0.3 is 0 Å². The molecule has 0 bridgehead atoms. The van der Waals surface area contributed by atoms with Gasteiger partial charge in [0.2, 0.25) is 0 Å². The molecule has 3 rings (SSSR count). The molecule has 1 N–H and O–H groups in total. The molecule has 0 unspecified atom stereocenters. The van der Waals surface area contributed by atoms with Crippen LogP contribution in [0.15, 0.2) is 30.3 Å². The number of carbonyl (C=O) groups excluding carboxylic acids is 1. The van der Waals surface area contributed by atoms with Gasteiger partial charge in [-0.1, -0.05) is 17.7 Å². The molecule has 0 saturated carbocycles. The minimum atomic E-state index is -0.266. The van der Waals surface area contributed by atoms with E-state index in [9.17, 15) is 4.79 Å². The van der Waals surface area contributed by atoms with Crippen LogP contribution in [0.5, 0.6) is 0 Å². The minimum Gasteiger partial charge on any atom is -0.354 e. The Morgan fingerprint density at radius 1 is 1.17 bits per heavy atom. The third kappa shape index (κ3) is 4.01. The third-order valence-electron chi connectivity index (χ3n) is 3.97. The van der Waals surface area contributed by atoms with Gasteiger partial charge in [0, 0.05) is 43.0 Å². The van der Waals surface area contributed by atoms with Crippen LogP contribution in [0.25, 0.3) is 0 Å². The Kier molecular flexibility index (Phi) is 4.97. The summed E-state index contributed by atoms with van der Waals surface area (Å²) in [5.41, 5.74) is 1.00. The Balaban J connectivity index is 1.79. The highest BCUT2D eigenvalue weighted by Crippen LogP contribution is 2.18. The number of amides is 1. The Morgan fingerprint density at radius 3 is 2.62 bits per heavy atom. The zero-order valence-corrected chi connectivity index (χ0v) is 14.5. The molecule has 2 aromatic rings. The van der Waals surface area contributed by atoms with Crippen molar-refractivity contribution in [1.29, 1.82) is 0 Å². The summed E-state index contributed by atoms with van der Waals surface area (Å²) in [4.78, 5) is 25.7. The SMILES string of the molecule is Cc1nc(C(=O)Nc2cccc(Cl)c2)cc(N2CCN(C)CC2)n1. The van der Waals surface area contributed by atoms with Gasteiger partial charge in [-0.25, -0.2) is 9.97 Å². The summed E-state index contributed by atoms with van der Waals surface area (Å²) in [5, 5.41) is 3.40. The van der Waals surface area contributed by atoms with Crippen molar-refractivity contribution in [2.24, 2.45) is 0 Å². The second kappa shape index (κ2) is 7.15. The van der Waals surface area contributed by atoms with E-state index >= 15 is 0 Å². The van der Waals surface area contributed by atoms with E-state index < -0.39 is 0 Å². The van der Waals surface area contributed by atoms with Crippen LogP contribution in [-0.4, -0.2) is 54.0 Å². The molecule has 1 fully saturated rings. The number of rotatable bonds is 3. The molecule has 0 aliphatic carbocycles. The van der Waals surface area contributed by atoms with Crippen molar-refractivity contribution in [3.63, 3.8) is 0 Å². The molecule has 1 saturated heterocycles. The fraction of sp³-hybridized carbons (Fsp3) is 0.353. The molecule has 0 atom stereocenters. The molecule has 0 radical (unpaired) electrons. The molecule has 6 nitrogen and oxygen atoms in total. The van der Waals surface area contributed by atoms with Crippen LogP contribution in [0.4, 0.5) is 11.5 Å². The zero-order valence-electron chi connectivity index (χ0n) is 13.8. The molecule has 1 aliphatic heterocycles. The number of hydrogen-bond acceptors (Lipinski definition) is 5. The van der Waals surface area contributed by atoms with Crippen molar-refractivity contribution in [3.05, 3.63) is 46.9 Å². The maximum atomic E-state index is 12.5. The first-order chi connectivity index (χ1) is 11.5. The number of piperazine rings is 1. The average molecular weight is 346 g/mol. The van der Waals surface area contributed by atoms with Crippen molar-refractivity contribution in [1.82, 2.24) is 14.9 Å². The van der Waals surface area contributed by atoms with Crippen LogP contribution in [-0.2, 0) is 0 Å². The molecule has 1 aromatic heterocycles. The van der Waals surface area contributed by atoms with Crippen molar-refractivity contribution in [2.45, 2.75) is 6.92 Å². The standard InChI is InChI=1S/C17H20ClN5O/c1-12-19-15(17(24)21-14-5-3-4-13(18)10-14)11-16(20-12)23-8-6-22(2)7-9-23/h3-5,10-11H,6-9H2,1-2H3,(H,21,24). The van der Waals surface area contributed by atoms with E-state index in [1.165, 1.54) is 0 Å². The zero-order chi connectivity index (χ0) is 17.1. The van der Waals surface area contributed by atoms with Crippen LogP contribution in [0.3, 0.4) is 0 Å². The predicted molar refractivity (Wildman–Crippen MR) is 95.9 cm³/mol. The number of nitrogens with zero attached hydrogens (tertiary/aromatic N) is 4. The number of aromatic nitrogens is 2. The average Bonchev–Trinajstić information content (AvgIpc) is 2.55. The summed E-state index contributed by atoms with van der Waals surface area (Å²) in [5.74, 6) is 1.12. The summed E-state index contributed by atoms with van der Waals surface area (Å²) < 4.78 is 0. The lowest BCUT2D eigenvalue weighted by molar-refractivity contribution is 0.102. The lowest BCUT2D eigenvalue weighted by Crippen LogP contribution is -2.45. The first kappa shape index (κ1) is 16.7. The number of carbonyl (C=O) groups is 1. The van der Waals surface area contributed by atoms with Crippen molar-refractivity contribution < 1.29 is 4.79 Å². The van der Waals surface area contributed by atoms with Gasteiger partial charge in [0.15, 0.2) is 0 Å². The number of nitrogens with one attached hydrogen (secondary N) is 1. The molecule has 2 heterocycles. The van der Waals surface area contributed by atoms with Gasteiger partial charge in [0.25, 0.3) is 5.91 Å². The Bertz CT molecular complexity index is 744. The molecule has 126 valence electrons. The summed E-state index contributed by atoms with van der Waals surface area (Å²) >= 11 is 5.95. The highest BCUT2D eigenvalue weighted by atomic mass is 35.5. The van der Waals surface area contributed by atoms with E-state index in [1.54, 1.807) is 37.3 Å². The van der Waals surface area contributed by atoms with E-state index in [4.69, 9.17) is 11.6 Å². The second-order valence-corrected chi connectivity index (χ2v) is 6.35. The smallest absolute Gasteiger partial charge is 0.274 e. The minimum absolute atomic E-state index is 0.266. The maximum absolute atomic E-state index is 12.5. The van der Waals surface area contributed by atoms with Gasteiger partial charge in [0.05, 0.1) is 0 Å². The fourth-order valence-corrected chi connectivity index (χ4v) is 2.82. The number of benzene rings is 1.